The number of benzene rings is 1. The number of hydrogen-bond acceptors (Lipinski definition) is 12. The summed E-state index contributed by atoms with van der Waals surface area (Å²) in [6.45, 7) is 13.0. The molecule has 3 saturated carbocycles. The van der Waals surface area contributed by atoms with Crippen LogP contribution in [0.2, 0.25) is 5.02 Å². The Bertz CT molecular complexity index is 2120. The monoisotopic (exact) mass is 818 g/mol. The molecule has 3 aliphatic carbocycles. The van der Waals surface area contributed by atoms with Gasteiger partial charge in [-0.3, -0.25) is 24.0 Å². The number of oxazole rings is 1. The topological polar surface area (TPSA) is 187 Å². The minimum atomic E-state index is -1.29. The molecule has 1 saturated heterocycles. The summed E-state index contributed by atoms with van der Waals surface area (Å²) in [4.78, 5) is 76.8. The maximum atomic E-state index is 14.8. The number of aldehydes is 1. The van der Waals surface area contributed by atoms with Crippen molar-refractivity contribution in [1.82, 2.24) is 14.9 Å². The van der Waals surface area contributed by atoms with Crippen molar-refractivity contribution in [2.45, 2.75) is 104 Å². The van der Waals surface area contributed by atoms with E-state index in [1.54, 1.807) is 24.3 Å². The van der Waals surface area contributed by atoms with E-state index in [1.165, 1.54) is 17.6 Å². The van der Waals surface area contributed by atoms with Gasteiger partial charge >= 0.3 is 11.9 Å². The number of carbonyl (C=O) groups excluding carboxylic acids is 4. The molecular formula is C43H51ClN4O10. The summed E-state index contributed by atoms with van der Waals surface area (Å²) in [5, 5.41) is 13.9. The second-order valence-corrected chi connectivity index (χ2v) is 18.1. The van der Waals surface area contributed by atoms with Crippen molar-refractivity contribution in [2.24, 2.45) is 34.5 Å². The number of esters is 1. The number of carboxylic acid groups (broad SMARTS) is 1. The third-order valence-electron chi connectivity index (χ3n) is 12.1. The fourth-order valence-corrected chi connectivity index (χ4v) is 8.97. The number of aromatic nitrogens is 2. The zero-order valence-electron chi connectivity index (χ0n) is 33.5. The molecule has 4 fully saturated rings. The Balaban J connectivity index is 1.21. The summed E-state index contributed by atoms with van der Waals surface area (Å²) in [6, 6.07) is 4.25. The van der Waals surface area contributed by atoms with E-state index < -0.39 is 52.5 Å². The molecule has 310 valence electrons. The second-order valence-electron chi connectivity index (χ2n) is 17.7. The number of rotatable bonds is 17. The molecule has 8 atom stereocenters. The molecule has 0 spiro atoms. The van der Waals surface area contributed by atoms with Crippen LogP contribution in [-0.2, 0) is 28.7 Å². The number of ether oxygens (including phenoxy) is 3. The lowest BCUT2D eigenvalue weighted by atomic mass is 9.77. The first-order valence-corrected chi connectivity index (χ1v) is 20.4. The van der Waals surface area contributed by atoms with Crippen LogP contribution >= 0.6 is 11.6 Å². The smallest absolute Gasteiger partial charge is 0.310 e. The number of ketones is 1. The predicted molar refractivity (Wildman–Crippen MR) is 213 cm³/mol. The van der Waals surface area contributed by atoms with Gasteiger partial charge in [0.1, 0.15) is 47.3 Å². The number of amides is 1. The number of hydrogen-bond donors (Lipinski definition) is 2. The van der Waals surface area contributed by atoms with Gasteiger partial charge in [-0.25, -0.2) is 4.98 Å². The van der Waals surface area contributed by atoms with E-state index in [1.807, 2.05) is 34.6 Å². The van der Waals surface area contributed by atoms with Crippen LogP contribution in [0.1, 0.15) is 79.6 Å². The van der Waals surface area contributed by atoms with Crippen LogP contribution < -0.4 is 14.8 Å². The average molecular weight is 819 g/mol. The normalized spacial score (nSPS) is 26.5. The van der Waals surface area contributed by atoms with E-state index >= 15 is 0 Å². The zero-order chi connectivity index (χ0) is 41.7. The Morgan fingerprint density at radius 3 is 2.47 bits per heavy atom. The highest BCUT2D eigenvalue weighted by Gasteiger charge is 2.61. The van der Waals surface area contributed by atoms with Crippen LogP contribution in [0.25, 0.3) is 22.3 Å². The number of allylic oxidation sites excluding steroid dienone is 1. The number of likely N-dealkylation sites (tertiary alicyclic amines) is 1. The molecule has 15 heteroatoms. The largest absolute Gasteiger partial charge is 0.488 e. The second kappa shape index (κ2) is 16.0. The third-order valence-corrected chi connectivity index (χ3v) is 12.5. The number of carboxylic acids is 1. The van der Waals surface area contributed by atoms with Gasteiger partial charge in [-0.2, -0.15) is 4.98 Å². The molecule has 14 nitrogen and oxygen atoms in total. The van der Waals surface area contributed by atoms with Crippen molar-refractivity contribution in [3.63, 3.8) is 0 Å². The van der Waals surface area contributed by atoms with Gasteiger partial charge < -0.3 is 34.0 Å². The SMILES string of the molecule is C=C[C@@H]1CC1(CC(=O)[C@@H]1C[C@@H](Oc2cc(-c3coc(NC(C)C)n3)nc3c(Cl)c(OCC=O)ccc23)CN1C(=O)[C@@H](CC(=O)OC1C[C@@H]2C[C@@H]2C1)C(C)(C)C)C(=O)O. The van der Waals surface area contributed by atoms with E-state index in [-0.39, 0.29) is 79.2 Å². The number of anilines is 1. The highest BCUT2D eigenvalue weighted by molar-refractivity contribution is 6.36. The number of nitrogens with zero attached hydrogens (tertiary/aromatic N) is 3. The fraction of sp³-hybridized carbons (Fsp3) is 0.558. The van der Waals surface area contributed by atoms with E-state index in [0.717, 1.165) is 12.8 Å². The summed E-state index contributed by atoms with van der Waals surface area (Å²) in [5.41, 5.74) is -0.981. The van der Waals surface area contributed by atoms with Crippen LogP contribution in [0.4, 0.5) is 6.01 Å². The van der Waals surface area contributed by atoms with Crippen LogP contribution in [0.3, 0.4) is 0 Å². The van der Waals surface area contributed by atoms with E-state index in [4.69, 9.17) is 35.2 Å². The number of pyridine rings is 1. The lowest BCUT2D eigenvalue weighted by Gasteiger charge is -2.35. The summed E-state index contributed by atoms with van der Waals surface area (Å²) in [5.74, 6) is -1.77. The highest BCUT2D eigenvalue weighted by Crippen LogP contribution is 2.57. The Labute approximate surface area is 342 Å². The number of halogens is 1. The lowest BCUT2D eigenvalue weighted by Crippen LogP contribution is -2.48. The van der Waals surface area contributed by atoms with Gasteiger partial charge in [0.2, 0.25) is 5.91 Å². The molecule has 58 heavy (non-hydrogen) atoms. The van der Waals surface area contributed by atoms with Crippen molar-refractivity contribution >= 4 is 58.4 Å². The summed E-state index contributed by atoms with van der Waals surface area (Å²) >= 11 is 6.82. The fourth-order valence-electron chi connectivity index (χ4n) is 8.70. The van der Waals surface area contributed by atoms with E-state index in [2.05, 4.69) is 16.9 Å². The average Bonchev–Trinajstić information content (AvgIpc) is 3.83. The molecule has 1 aliphatic heterocycles. The maximum Gasteiger partial charge on any atom is 0.310 e. The summed E-state index contributed by atoms with van der Waals surface area (Å²) in [6.07, 6.45) is 5.47. The van der Waals surface area contributed by atoms with Crippen LogP contribution in [0, 0.1) is 34.5 Å². The molecule has 0 bridgehead atoms. The number of Topliss-reactive ketones (excluding diaryl/α,β-unsaturated/α-hetero) is 1. The van der Waals surface area contributed by atoms with Gasteiger partial charge in [0.25, 0.3) is 6.01 Å². The molecule has 2 unspecified atom stereocenters. The van der Waals surface area contributed by atoms with Gasteiger partial charge in [-0.15, -0.1) is 6.58 Å². The van der Waals surface area contributed by atoms with Crippen LogP contribution in [-0.4, -0.2) is 87.3 Å². The summed E-state index contributed by atoms with van der Waals surface area (Å²) in [7, 11) is 0. The summed E-state index contributed by atoms with van der Waals surface area (Å²) < 4.78 is 23.8. The Morgan fingerprint density at radius 2 is 1.83 bits per heavy atom. The Hall–Kier alpha value is -4.98. The quantitative estimate of drug-likeness (QED) is 0.0813. The van der Waals surface area contributed by atoms with Crippen molar-refractivity contribution in [2.75, 3.05) is 18.5 Å². The molecule has 7 rings (SSSR count). The highest BCUT2D eigenvalue weighted by atomic mass is 35.5. The molecule has 4 aliphatic rings. The van der Waals surface area contributed by atoms with Crippen molar-refractivity contribution in [3.05, 3.63) is 42.1 Å². The Kier molecular flexibility index (Phi) is 11.4. The van der Waals surface area contributed by atoms with Crippen LogP contribution in [0.5, 0.6) is 11.5 Å². The minimum Gasteiger partial charge on any atom is -0.488 e. The van der Waals surface area contributed by atoms with Crippen molar-refractivity contribution in [3.8, 4) is 22.9 Å². The molecular weight excluding hydrogens is 768 g/mol. The van der Waals surface area contributed by atoms with Gasteiger partial charge in [-0.1, -0.05) is 38.4 Å². The molecule has 0 radical (unpaired) electrons. The predicted octanol–water partition coefficient (Wildman–Crippen LogP) is 6.92. The van der Waals surface area contributed by atoms with Gasteiger partial charge in [0.05, 0.1) is 41.6 Å². The first kappa shape index (κ1) is 41.2. The number of nitrogens with one attached hydrogen (secondary N) is 1. The first-order valence-electron chi connectivity index (χ1n) is 20.0. The minimum absolute atomic E-state index is 0.0202. The number of fused-ring (bicyclic) bond motifs is 2. The maximum absolute atomic E-state index is 14.8. The van der Waals surface area contributed by atoms with Crippen LogP contribution in [0.15, 0.2) is 41.5 Å². The standard InChI is InChI=1S/C43H51ClN4O10/c1-7-25-18-43(25,40(53)54)19-33(50)32-15-27(20-48(32)39(52)29(42(4,5)6)16-36(51)58-26-13-23-12-24(23)14-26)57-35-17-30(31-21-56-41(47-31)45-22(2)3)46-38-28(35)8-9-34(37(38)44)55-11-10-49/h7-10,17,21-27,29,32H,1,11-16,18-20H2,2-6H3,(H,45,47)(H,53,54)/t23-,24+,25-,26?,27-,29-,32+,43?/m1/s1. The molecule has 3 heterocycles. The molecule has 2 aromatic heterocycles. The van der Waals surface area contributed by atoms with Gasteiger partial charge in [0, 0.05) is 30.3 Å². The van der Waals surface area contributed by atoms with Gasteiger partial charge in [0.15, 0.2) is 12.1 Å². The lowest BCUT2D eigenvalue weighted by molar-refractivity contribution is -0.157. The number of aliphatic carboxylic acids is 1. The number of carbonyl (C=O) groups is 5. The van der Waals surface area contributed by atoms with Crippen molar-refractivity contribution < 1.29 is 47.7 Å². The first-order chi connectivity index (χ1) is 27.5. The molecule has 1 amide bonds. The molecule has 2 N–H and O–H groups in total. The molecule has 1 aromatic carbocycles. The van der Waals surface area contributed by atoms with E-state index in [0.29, 0.717) is 40.6 Å². The van der Waals surface area contributed by atoms with Gasteiger partial charge in [-0.05, 0) is 74.8 Å². The molecule has 3 aromatic rings. The van der Waals surface area contributed by atoms with E-state index in [9.17, 15) is 29.1 Å². The third kappa shape index (κ3) is 8.43. The zero-order valence-corrected chi connectivity index (χ0v) is 34.3. The van der Waals surface area contributed by atoms with Crippen molar-refractivity contribution in [1.29, 1.82) is 0 Å². The Morgan fingerprint density at radius 1 is 1.09 bits per heavy atom.